The van der Waals surface area contributed by atoms with Crippen molar-refractivity contribution >= 4 is 5.91 Å². The number of aromatic amines is 1. The molecule has 0 radical (unpaired) electrons. The lowest BCUT2D eigenvalue weighted by molar-refractivity contribution is -0.137. The average Bonchev–Trinajstić information content (AvgIpc) is 3.11. The van der Waals surface area contributed by atoms with Crippen LogP contribution in [0.3, 0.4) is 0 Å². The number of carbonyl (C=O) groups is 1. The Morgan fingerprint density at radius 1 is 1.12 bits per heavy atom. The summed E-state index contributed by atoms with van der Waals surface area (Å²) in [4.78, 5) is 25.4. The number of carbonyl (C=O) groups excluding carboxylic acids is 1. The van der Waals surface area contributed by atoms with Gasteiger partial charge in [0.15, 0.2) is 0 Å². The third kappa shape index (κ3) is 3.33. The number of fused-ring (bicyclic) bond motifs is 1. The normalized spacial score (nSPS) is 19.5. The zero-order chi connectivity index (χ0) is 17.2. The van der Waals surface area contributed by atoms with Gasteiger partial charge in [-0.3, -0.25) is 9.69 Å². The highest BCUT2D eigenvalue weighted by Gasteiger charge is 2.30. The zero-order valence-electron chi connectivity index (χ0n) is 14.9. The van der Waals surface area contributed by atoms with Crippen molar-refractivity contribution in [1.82, 2.24) is 19.8 Å². The average molecular weight is 338 g/mol. The van der Waals surface area contributed by atoms with Crippen molar-refractivity contribution in [1.29, 1.82) is 0 Å². The predicted molar refractivity (Wildman–Crippen MR) is 98.0 cm³/mol. The molecule has 1 saturated heterocycles. The Morgan fingerprint density at radius 2 is 1.88 bits per heavy atom. The van der Waals surface area contributed by atoms with Gasteiger partial charge in [-0.25, -0.2) is 4.98 Å². The first-order valence-electron chi connectivity index (χ1n) is 9.38. The number of H-pyrrole nitrogens is 1. The minimum atomic E-state index is -0.0604. The molecule has 0 spiro atoms. The van der Waals surface area contributed by atoms with E-state index in [-0.39, 0.29) is 11.9 Å². The number of hydrogen-bond acceptors (Lipinski definition) is 3. The second kappa shape index (κ2) is 7.00. The quantitative estimate of drug-likeness (QED) is 0.936. The number of aromatic nitrogens is 2. The van der Waals surface area contributed by atoms with Crippen LogP contribution in [0.2, 0.25) is 0 Å². The Bertz CT molecular complexity index is 733. The van der Waals surface area contributed by atoms with Crippen LogP contribution in [0, 0.1) is 0 Å². The second-order valence-corrected chi connectivity index (χ2v) is 7.16. The van der Waals surface area contributed by atoms with Crippen molar-refractivity contribution in [2.24, 2.45) is 0 Å². The smallest absolute Gasteiger partial charge is 0.239 e. The molecular weight excluding hydrogens is 312 g/mol. The molecule has 3 heterocycles. The van der Waals surface area contributed by atoms with E-state index in [1.807, 2.05) is 23.1 Å². The first-order chi connectivity index (χ1) is 12.2. The van der Waals surface area contributed by atoms with Crippen LogP contribution < -0.4 is 0 Å². The fraction of sp³-hybridized carbons (Fsp3) is 0.500. The van der Waals surface area contributed by atoms with Gasteiger partial charge in [0.2, 0.25) is 5.91 Å². The predicted octanol–water partition coefficient (Wildman–Crippen LogP) is 2.84. The lowest BCUT2D eigenvalue weighted by Gasteiger charge is -2.35. The highest BCUT2D eigenvalue weighted by molar-refractivity contribution is 5.81. The molecule has 5 heteroatoms. The number of benzene rings is 1. The topological polar surface area (TPSA) is 52.2 Å². The lowest BCUT2D eigenvalue weighted by atomic mass is 10.1. The number of rotatable bonds is 3. The molecule has 132 valence electrons. The van der Waals surface area contributed by atoms with Crippen LogP contribution in [0.15, 0.2) is 30.3 Å². The number of imidazole rings is 1. The highest BCUT2D eigenvalue weighted by Crippen LogP contribution is 2.24. The molecule has 1 N–H and O–H groups in total. The molecule has 1 aromatic heterocycles. The molecule has 2 aromatic rings. The van der Waals surface area contributed by atoms with Gasteiger partial charge in [0.25, 0.3) is 0 Å². The van der Waals surface area contributed by atoms with Crippen LogP contribution in [0.1, 0.15) is 37.6 Å². The van der Waals surface area contributed by atoms with Gasteiger partial charge in [-0.15, -0.1) is 0 Å². The largest absolute Gasteiger partial charge is 0.341 e. The van der Waals surface area contributed by atoms with Gasteiger partial charge in [0, 0.05) is 38.2 Å². The highest BCUT2D eigenvalue weighted by atomic mass is 16.2. The number of piperidine rings is 1. The van der Waals surface area contributed by atoms with Crippen LogP contribution in [0.4, 0.5) is 0 Å². The molecule has 2 aliphatic heterocycles. The Labute approximate surface area is 149 Å². The van der Waals surface area contributed by atoms with E-state index in [9.17, 15) is 4.79 Å². The minimum absolute atomic E-state index is 0.0604. The molecule has 5 nitrogen and oxygen atoms in total. The van der Waals surface area contributed by atoms with E-state index in [0.717, 1.165) is 68.2 Å². The maximum Gasteiger partial charge on any atom is 0.239 e. The van der Waals surface area contributed by atoms with Crippen molar-refractivity contribution in [3.05, 3.63) is 41.7 Å². The SMILES string of the molecule is CC(C(=O)N1CCCCC1)N1CCc2nc(-c3ccccc3)[nH]c2C1. The number of nitrogens with zero attached hydrogens (tertiary/aromatic N) is 3. The van der Waals surface area contributed by atoms with Gasteiger partial charge in [-0.1, -0.05) is 30.3 Å². The van der Waals surface area contributed by atoms with Gasteiger partial charge < -0.3 is 9.88 Å². The van der Waals surface area contributed by atoms with Crippen molar-refractivity contribution in [3.63, 3.8) is 0 Å². The number of hydrogen-bond donors (Lipinski definition) is 1. The summed E-state index contributed by atoms with van der Waals surface area (Å²) in [6.45, 7) is 5.56. The molecule has 2 aliphatic rings. The summed E-state index contributed by atoms with van der Waals surface area (Å²) in [6.07, 6.45) is 4.44. The van der Waals surface area contributed by atoms with E-state index in [0.29, 0.717) is 0 Å². The van der Waals surface area contributed by atoms with E-state index in [1.165, 1.54) is 6.42 Å². The first kappa shape index (κ1) is 16.3. The summed E-state index contributed by atoms with van der Waals surface area (Å²) >= 11 is 0. The molecule has 1 aromatic carbocycles. The molecule has 25 heavy (non-hydrogen) atoms. The van der Waals surface area contributed by atoms with Crippen LogP contribution in [-0.4, -0.2) is 51.4 Å². The van der Waals surface area contributed by atoms with Crippen molar-refractivity contribution in [3.8, 4) is 11.4 Å². The Morgan fingerprint density at radius 3 is 2.64 bits per heavy atom. The van der Waals surface area contributed by atoms with Crippen molar-refractivity contribution in [2.75, 3.05) is 19.6 Å². The van der Waals surface area contributed by atoms with Gasteiger partial charge in [-0.05, 0) is 26.2 Å². The van der Waals surface area contributed by atoms with Crippen molar-refractivity contribution in [2.45, 2.75) is 45.2 Å². The molecule has 1 fully saturated rings. The standard InChI is InChI=1S/C20H26N4O/c1-15(20(25)23-11-6-3-7-12-23)24-13-10-17-18(14-24)22-19(21-17)16-8-4-2-5-9-16/h2,4-5,8-9,15H,3,6-7,10-14H2,1H3,(H,21,22). The van der Waals surface area contributed by atoms with Gasteiger partial charge in [0.05, 0.1) is 17.4 Å². The minimum Gasteiger partial charge on any atom is -0.341 e. The molecule has 0 aliphatic carbocycles. The Hall–Kier alpha value is -2.14. The van der Waals surface area contributed by atoms with E-state index in [2.05, 4.69) is 28.9 Å². The fourth-order valence-corrected chi connectivity index (χ4v) is 3.91. The fourth-order valence-electron chi connectivity index (χ4n) is 3.91. The van der Waals surface area contributed by atoms with Crippen LogP contribution in [-0.2, 0) is 17.8 Å². The summed E-state index contributed by atoms with van der Waals surface area (Å²) in [5, 5.41) is 0. The number of amides is 1. The molecule has 0 bridgehead atoms. The van der Waals surface area contributed by atoms with E-state index in [1.54, 1.807) is 0 Å². The summed E-state index contributed by atoms with van der Waals surface area (Å²) < 4.78 is 0. The summed E-state index contributed by atoms with van der Waals surface area (Å²) in [5.74, 6) is 1.22. The van der Waals surface area contributed by atoms with Crippen molar-refractivity contribution < 1.29 is 4.79 Å². The van der Waals surface area contributed by atoms with E-state index in [4.69, 9.17) is 4.98 Å². The lowest BCUT2D eigenvalue weighted by Crippen LogP contribution is -2.49. The van der Waals surface area contributed by atoms with Gasteiger partial charge in [-0.2, -0.15) is 0 Å². The number of likely N-dealkylation sites (tertiary alicyclic amines) is 1. The third-order valence-corrected chi connectivity index (χ3v) is 5.48. The monoisotopic (exact) mass is 338 g/mol. The summed E-state index contributed by atoms with van der Waals surface area (Å²) in [6, 6.07) is 10.2. The van der Waals surface area contributed by atoms with E-state index < -0.39 is 0 Å². The van der Waals surface area contributed by atoms with Crippen LogP contribution in [0.5, 0.6) is 0 Å². The van der Waals surface area contributed by atoms with Crippen LogP contribution in [0.25, 0.3) is 11.4 Å². The van der Waals surface area contributed by atoms with Gasteiger partial charge >= 0.3 is 0 Å². The maximum absolute atomic E-state index is 12.8. The molecule has 1 amide bonds. The Balaban J connectivity index is 1.47. The third-order valence-electron chi connectivity index (χ3n) is 5.48. The summed E-state index contributed by atoms with van der Waals surface area (Å²) in [7, 11) is 0. The molecule has 1 unspecified atom stereocenters. The van der Waals surface area contributed by atoms with Crippen LogP contribution >= 0.6 is 0 Å². The zero-order valence-corrected chi connectivity index (χ0v) is 14.9. The Kier molecular flexibility index (Phi) is 4.57. The second-order valence-electron chi connectivity index (χ2n) is 7.16. The van der Waals surface area contributed by atoms with Gasteiger partial charge in [0.1, 0.15) is 5.82 Å². The van der Waals surface area contributed by atoms with E-state index >= 15 is 0 Å². The molecule has 1 atom stereocenters. The first-order valence-corrected chi connectivity index (χ1v) is 9.38. The molecular formula is C20H26N4O. The molecule has 4 rings (SSSR count). The summed E-state index contributed by atoms with van der Waals surface area (Å²) in [5.41, 5.74) is 3.41. The number of nitrogens with one attached hydrogen (secondary N) is 1. The maximum atomic E-state index is 12.8. The molecule has 0 saturated carbocycles.